The lowest BCUT2D eigenvalue weighted by molar-refractivity contribution is -0.322. The number of unbranched alkanes of at least 4 members (excludes halogenated alkanes) is 4. The van der Waals surface area contributed by atoms with Gasteiger partial charge in [-0.3, -0.25) is 0 Å². The molecule has 202 valence electrons. The molecule has 2 aliphatic heterocycles. The molecule has 0 spiro atoms. The molecule has 0 aromatic rings. The number of hydrogen-bond donors (Lipinski definition) is 0. The number of carbonyl (C=O) groups is 1. The van der Waals surface area contributed by atoms with Gasteiger partial charge >= 0.3 is 0 Å². The zero-order valence-electron chi connectivity index (χ0n) is 22.8. The molecule has 2 saturated heterocycles. The van der Waals surface area contributed by atoms with Crippen LogP contribution in [0.25, 0.3) is 0 Å². The molecule has 2 aliphatic rings. The molecule has 2 rings (SSSR count). The minimum atomic E-state index is -1.16. The van der Waals surface area contributed by atoms with Crippen molar-refractivity contribution in [2.75, 3.05) is 64.3 Å². The molecule has 0 aliphatic carbocycles. The van der Waals surface area contributed by atoms with Gasteiger partial charge in [0.05, 0.1) is 75.7 Å². The van der Waals surface area contributed by atoms with E-state index in [4.69, 9.17) is 18.9 Å². The van der Waals surface area contributed by atoms with Crippen LogP contribution in [0.3, 0.4) is 0 Å². The van der Waals surface area contributed by atoms with Gasteiger partial charge in [-0.15, -0.1) is 0 Å². The number of epoxide rings is 2. The predicted octanol–water partition coefficient (Wildman–Crippen LogP) is 4.78. The third-order valence-corrected chi connectivity index (χ3v) is 11.7. The van der Waals surface area contributed by atoms with E-state index in [0.29, 0.717) is 26.4 Å². The van der Waals surface area contributed by atoms with Gasteiger partial charge in [0.1, 0.15) is 12.2 Å². The Labute approximate surface area is 210 Å². The predicted molar refractivity (Wildman–Crippen MR) is 140 cm³/mol. The summed E-state index contributed by atoms with van der Waals surface area (Å²) in [6, 6.07) is 0. The Hall–Kier alpha value is -0.260. The lowest BCUT2D eigenvalue weighted by Gasteiger charge is -2.29. The Kier molecular flexibility index (Phi) is 16.9. The summed E-state index contributed by atoms with van der Waals surface area (Å²) in [7, 11) is -0.562. The van der Waals surface area contributed by atoms with Gasteiger partial charge in [0.15, 0.2) is 0 Å². The quantitative estimate of drug-likeness (QED) is 0.165. The first kappa shape index (κ1) is 31.8. The molecule has 0 saturated carbocycles. The number of carboxylic acids is 1. The van der Waals surface area contributed by atoms with Gasteiger partial charge in [-0.1, -0.05) is 53.4 Å². The monoisotopic (exact) mass is 504 g/mol. The van der Waals surface area contributed by atoms with Crippen LogP contribution in [-0.2, 0) is 23.7 Å². The van der Waals surface area contributed by atoms with Crippen molar-refractivity contribution in [2.24, 2.45) is 5.41 Å². The SMILES string of the molecule is CC(COCC1CO1)(COCC1CO1)C(=O)[O-].CCCC[P+](CCCC)(CCCC)CCCC. The second-order valence-corrected chi connectivity index (χ2v) is 14.9. The fraction of sp³-hybridized carbons (Fsp3) is 0.963. The summed E-state index contributed by atoms with van der Waals surface area (Å²) >= 11 is 0. The number of hydrogen-bond acceptors (Lipinski definition) is 6. The topological polar surface area (TPSA) is 83.6 Å². The molecule has 0 aromatic carbocycles. The lowest BCUT2D eigenvalue weighted by Crippen LogP contribution is -2.47. The van der Waals surface area contributed by atoms with Crippen LogP contribution < -0.4 is 5.11 Å². The molecule has 0 N–H and O–H groups in total. The first-order valence-electron chi connectivity index (χ1n) is 13.8. The van der Waals surface area contributed by atoms with Crippen LogP contribution in [0.4, 0.5) is 0 Å². The highest BCUT2D eigenvalue weighted by Crippen LogP contribution is 2.61. The Bertz CT molecular complexity index is 466. The van der Waals surface area contributed by atoms with E-state index in [9.17, 15) is 9.90 Å². The summed E-state index contributed by atoms with van der Waals surface area (Å²) in [5.74, 6) is -1.16. The van der Waals surface area contributed by atoms with E-state index in [-0.39, 0.29) is 25.4 Å². The summed E-state index contributed by atoms with van der Waals surface area (Å²) in [4.78, 5) is 11.1. The van der Waals surface area contributed by atoms with Crippen molar-refractivity contribution in [3.05, 3.63) is 0 Å². The van der Waals surface area contributed by atoms with E-state index in [0.717, 1.165) is 0 Å². The second kappa shape index (κ2) is 18.1. The zero-order chi connectivity index (χ0) is 25.3. The maximum Gasteiger partial charge on any atom is 0.104 e. The largest absolute Gasteiger partial charge is 0.549 e. The fourth-order valence-electron chi connectivity index (χ4n) is 3.96. The van der Waals surface area contributed by atoms with E-state index in [2.05, 4.69) is 27.7 Å². The molecular formula is C27H53O6P. The second-order valence-electron chi connectivity index (χ2n) is 10.4. The van der Waals surface area contributed by atoms with Gasteiger partial charge in [-0.25, -0.2) is 0 Å². The van der Waals surface area contributed by atoms with Gasteiger partial charge in [-0.05, 0) is 32.6 Å². The van der Waals surface area contributed by atoms with Crippen LogP contribution in [0.2, 0.25) is 0 Å². The molecule has 7 heteroatoms. The van der Waals surface area contributed by atoms with Gasteiger partial charge in [0, 0.05) is 7.26 Å². The van der Waals surface area contributed by atoms with Crippen LogP contribution >= 0.6 is 7.26 Å². The van der Waals surface area contributed by atoms with Gasteiger partial charge in [0.2, 0.25) is 0 Å². The van der Waals surface area contributed by atoms with E-state index in [1.54, 1.807) is 31.6 Å². The highest BCUT2D eigenvalue weighted by atomic mass is 31.2. The number of aliphatic carboxylic acids is 1. The van der Waals surface area contributed by atoms with Gasteiger partial charge < -0.3 is 28.8 Å². The van der Waals surface area contributed by atoms with Crippen molar-refractivity contribution in [1.82, 2.24) is 0 Å². The van der Waals surface area contributed by atoms with Crippen LogP contribution in [0, 0.1) is 5.41 Å². The minimum Gasteiger partial charge on any atom is -0.549 e. The van der Waals surface area contributed by atoms with Crippen molar-refractivity contribution in [1.29, 1.82) is 0 Å². The molecule has 0 radical (unpaired) electrons. The number of rotatable bonds is 21. The average Bonchev–Trinajstić information content (AvgIpc) is 3.75. The van der Waals surface area contributed by atoms with Crippen molar-refractivity contribution in [3.63, 3.8) is 0 Å². The van der Waals surface area contributed by atoms with Crippen molar-refractivity contribution >= 4 is 13.2 Å². The van der Waals surface area contributed by atoms with E-state index in [1.807, 2.05) is 0 Å². The van der Waals surface area contributed by atoms with E-state index >= 15 is 0 Å². The fourth-order valence-corrected chi connectivity index (χ4v) is 9.25. The van der Waals surface area contributed by atoms with E-state index < -0.39 is 18.6 Å². The smallest absolute Gasteiger partial charge is 0.104 e. The van der Waals surface area contributed by atoms with Gasteiger partial charge in [0.25, 0.3) is 0 Å². The van der Waals surface area contributed by atoms with E-state index in [1.165, 1.54) is 51.4 Å². The molecule has 0 aromatic heterocycles. The zero-order valence-corrected chi connectivity index (χ0v) is 23.7. The number of carbonyl (C=O) groups excluding carboxylic acids is 1. The van der Waals surface area contributed by atoms with Crippen molar-refractivity contribution in [2.45, 2.75) is 98.2 Å². The van der Waals surface area contributed by atoms with Crippen LogP contribution in [0.15, 0.2) is 0 Å². The van der Waals surface area contributed by atoms with Crippen molar-refractivity contribution < 1.29 is 28.8 Å². The Morgan fingerprint density at radius 2 is 1.12 bits per heavy atom. The highest BCUT2D eigenvalue weighted by molar-refractivity contribution is 7.75. The summed E-state index contributed by atoms with van der Waals surface area (Å²) in [5, 5.41) is 11.1. The molecule has 2 fully saturated rings. The van der Waals surface area contributed by atoms with Crippen LogP contribution in [0.5, 0.6) is 0 Å². The highest BCUT2D eigenvalue weighted by Gasteiger charge is 2.34. The van der Waals surface area contributed by atoms with Gasteiger partial charge in [-0.2, -0.15) is 0 Å². The molecule has 0 bridgehead atoms. The molecular weight excluding hydrogens is 451 g/mol. The molecule has 2 atom stereocenters. The first-order chi connectivity index (χ1) is 16.3. The Balaban J connectivity index is 0.000000340. The first-order valence-corrected chi connectivity index (χ1v) is 16.3. The normalized spacial score (nSPS) is 20.9. The molecule has 6 nitrogen and oxygen atoms in total. The number of ether oxygens (including phenoxy) is 4. The molecule has 0 amide bonds. The third kappa shape index (κ3) is 14.3. The summed E-state index contributed by atoms with van der Waals surface area (Å²) in [5.41, 5.74) is -1.12. The van der Waals surface area contributed by atoms with Crippen LogP contribution in [0.1, 0.15) is 86.0 Å². The molecule has 2 heterocycles. The molecule has 34 heavy (non-hydrogen) atoms. The minimum absolute atomic E-state index is 0.0702. The molecule has 2 unspecified atom stereocenters. The number of carboxylic acid groups (broad SMARTS) is 1. The van der Waals surface area contributed by atoms with Crippen molar-refractivity contribution in [3.8, 4) is 0 Å². The Morgan fingerprint density at radius 3 is 1.35 bits per heavy atom. The van der Waals surface area contributed by atoms with Crippen LogP contribution in [-0.4, -0.2) is 82.5 Å². The third-order valence-electron chi connectivity index (χ3n) is 6.69. The maximum atomic E-state index is 11.1. The summed E-state index contributed by atoms with van der Waals surface area (Å²) in [6.07, 6.45) is 18.2. The standard InChI is InChI=1S/C16H36P.C11H18O6/c1-5-9-13-17(14-10-6-2,15-11-7-3)16-12-8-4;1-11(10(12)13,6-14-2-8-4-16-8)7-15-3-9-5-17-9/h5-16H2,1-4H3;8-9H,2-7H2,1H3,(H,12,13)/q+1;/p-1. The summed E-state index contributed by atoms with van der Waals surface area (Å²) < 4.78 is 20.5. The summed E-state index contributed by atoms with van der Waals surface area (Å²) in [6.45, 7) is 13.4. The Morgan fingerprint density at radius 1 is 0.794 bits per heavy atom. The maximum absolute atomic E-state index is 11.1. The average molecular weight is 505 g/mol. The lowest BCUT2D eigenvalue weighted by atomic mass is 9.93.